The lowest BCUT2D eigenvalue weighted by atomic mass is 9.79. The van der Waals surface area contributed by atoms with Crippen LogP contribution in [0.4, 0.5) is 0 Å². The lowest BCUT2D eigenvalue weighted by molar-refractivity contribution is 0.592. The van der Waals surface area contributed by atoms with Crippen LogP contribution in [0.1, 0.15) is 46.8 Å². The summed E-state index contributed by atoms with van der Waals surface area (Å²) in [5.41, 5.74) is 5.84. The number of nitrogens with zero attached hydrogens (tertiary/aromatic N) is 1. The van der Waals surface area contributed by atoms with Crippen LogP contribution in [0.3, 0.4) is 0 Å². The van der Waals surface area contributed by atoms with Crippen molar-refractivity contribution in [2.75, 3.05) is 0 Å². The Morgan fingerprint density at radius 2 is 2.18 bits per heavy atom. The minimum Gasteiger partial charge on any atom is -0.348 e. The van der Waals surface area contributed by atoms with E-state index in [4.69, 9.17) is 0 Å². The molecule has 1 aromatic carbocycles. The van der Waals surface area contributed by atoms with Gasteiger partial charge in [-0.1, -0.05) is 17.7 Å². The number of aromatic nitrogens is 2. The van der Waals surface area contributed by atoms with Crippen molar-refractivity contribution < 1.29 is 0 Å². The molecule has 0 radical (unpaired) electrons. The monoisotopic (exact) mass is 226 g/mol. The molecule has 1 N–H and O–H groups in total. The van der Waals surface area contributed by atoms with E-state index in [1.54, 1.807) is 5.56 Å². The Bertz CT molecular complexity index is 526. The van der Waals surface area contributed by atoms with Crippen LogP contribution in [0, 0.1) is 13.8 Å². The van der Waals surface area contributed by atoms with Crippen molar-refractivity contribution in [3.8, 4) is 0 Å². The topological polar surface area (TPSA) is 28.7 Å². The van der Waals surface area contributed by atoms with Crippen LogP contribution in [0.2, 0.25) is 0 Å². The van der Waals surface area contributed by atoms with Gasteiger partial charge in [0.05, 0.1) is 0 Å². The largest absolute Gasteiger partial charge is 0.348 e. The first kappa shape index (κ1) is 10.6. The van der Waals surface area contributed by atoms with E-state index in [1.165, 1.54) is 36.0 Å². The molecular weight excluding hydrogens is 208 g/mol. The van der Waals surface area contributed by atoms with Crippen molar-refractivity contribution in [2.45, 2.75) is 39.0 Å². The second-order valence-corrected chi connectivity index (χ2v) is 5.07. The second kappa shape index (κ2) is 4.02. The Hall–Kier alpha value is -1.57. The van der Waals surface area contributed by atoms with Gasteiger partial charge in [0.15, 0.2) is 0 Å². The van der Waals surface area contributed by atoms with Crippen molar-refractivity contribution in [1.29, 1.82) is 0 Å². The molecule has 0 bridgehead atoms. The van der Waals surface area contributed by atoms with E-state index in [0.29, 0.717) is 5.92 Å². The SMILES string of the molecule is Cc1cc(C)c2c(c1)[C@@H](c1ncc[nH]1)CCC2. The van der Waals surface area contributed by atoms with Crippen LogP contribution in [0.15, 0.2) is 24.5 Å². The Kier molecular flexibility index (Phi) is 2.50. The minimum atomic E-state index is 0.465. The fourth-order valence-corrected chi connectivity index (χ4v) is 3.07. The third kappa shape index (κ3) is 1.78. The average molecular weight is 226 g/mol. The number of rotatable bonds is 1. The molecule has 2 nitrogen and oxygen atoms in total. The number of nitrogens with one attached hydrogen (secondary N) is 1. The van der Waals surface area contributed by atoms with Crippen LogP contribution < -0.4 is 0 Å². The van der Waals surface area contributed by atoms with E-state index in [9.17, 15) is 0 Å². The molecule has 0 saturated carbocycles. The normalized spacial score (nSPS) is 19.1. The van der Waals surface area contributed by atoms with Gasteiger partial charge >= 0.3 is 0 Å². The highest BCUT2D eigenvalue weighted by molar-refractivity contribution is 5.44. The molecule has 1 aromatic heterocycles. The quantitative estimate of drug-likeness (QED) is 0.792. The summed E-state index contributed by atoms with van der Waals surface area (Å²) in [6.45, 7) is 4.41. The van der Waals surface area contributed by atoms with Gasteiger partial charge in [-0.2, -0.15) is 0 Å². The summed E-state index contributed by atoms with van der Waals surface area (Å²) in [5, 5.41) is 0. The molecule has 2 heteroatoms. The molecule has 2 aromatic rings. The molecule has 1 atom stereocenters. The van der Waals surface area contributed by atoms with Gasteiger partial charge in [0.1, 0.15) is 5.82 Å². The fraction of sp³-hybridized carbons (Fsp3) is 0.400. The van der Waals surface area contributed by atoms with Crippen LogP contribution in [0.5, 0.6) is 0 Å². The minimum absolute atomic E-state index is 0.465. The van der Waals surface area contributed by atoms with E-state index in [0.717, 1.165) is 5.82 Å². The Balaban J connectivity index is 2.13. The molecule has 0 unspecified atom stereocenters. The molecule has 0 amide bonds. The summed E-state index contributed by atoms with van der Waals surface area (Å²) >= 11 is 0. The van der Waals surface area contributed by atoms with Gasteiger partial charge in [-0.3, -0.25) is 0 Å². The van der Waals surface area contributed by atoms with Gasteiger partial charge in [0.25, 0.3) is 0 Å². The molecule has 0 aliphatic heterocycles. The molecule has 0 fully saturated rings. The van der Waals surface area contributed by atoms with Gasteiger partial charge in [-0.15, -0.1) is 0 Å². The number of benzene rings is 1. The zero-order valence-electron chi connectivity index (χ0n) is 10.5. The summed E-state index contributed by atoms with van der Waals surface area (Å²) in [5.74, 6) is 1.59. The van der Waals surface area contributed by atoms with Crippen molar-refractivity contribution in [3.05, 3.63) is 52.6 Å². The summed E-state index contributed by atoms with van der Waals surface area (Å²) in [6, 6.07) is 4.64. The number of imidazole rings is 1. The maximum atomic E-state index is 4.44. The number of fused-ring (bicyclic) bond motifs is 1. The summed E-state index contributed by atoms with van der Waals surface area (Å²) in [4.78, 5) is 7.72. The van der Waals surface area contributed by atoms with E-state index in [-0.39, 0.29) is 0 Å². The standard InChI is InChI=1S/C15H18N2/c1-10-8-11(2)12-4-3-5-13(14(12)9-10)15-16-6-7-17-15/h6-9,13H,3-5H2,1-2H3,(H,16,17)/t13-/m0/s1. The fourth-order valence-electron chi connectivity index (χ4n) is 3.07. The average Bonchev–Trinajstić information content (AvgIpc) is 2.81. The Morgan fingerprint density at radius 1 is 1.29 bits per heavy atom. The van der Waals surface area contributed by atoms with E-state index < -0.39 is 0 Å². The third-order valence-corrected chi connectivity index (χ3v) is 3.80. The van der Waals surface area contributed by atoms with Crippen LogP contribution >= 0.6 is 0 Å². The highest BCUT2D eigenvalue weighted by Crippen LogP contribution is 2.37. The predicted octanol–water partition coefficient (Wildman–Crippen LogP) is 3.49. The maximum absolute atomic E-state index is 4.44. The van der Waals surface area contributed by atoms with E-state index >= 15 is 0 Å². The van der Waals surface area contributed by atoms with Crippen LogP contribution in [-0.4, -0.2) is 9.97 Å². The molecule has 1 aliphatic rings. The highest BCUT2D eigenvalue weighted by atomic mass is 14.9. The van der Waals surface area contributed by atoms with Crippen molar-refractivity contribution >= 4 is 0 Å². The van der Waals surface area contributed by atoms with Crippen molar-refractivity contribution in [1.82, 2.24) is 9.97 Å². The Morgan fingerprint density at radius 3 is 2.94 bits per heavy atom. The van der Waals surface area contributed by atoms with Crippen LogP contribution in [0.25, 0.3) is 0 Å². The number of aromatic amines is 1. The molecule has 0 spiro atoms. The first-order valence-corrected chi connectivity index (χ1v) is 6.35. The van der Waals surface area contributed by atoms with E-state index in [1.807, 2.05) is 12.4 Å². The highest BCUT2D eigenvalue weighted by Gasteiger charge is 2.24. The number of H-pyrrole nitrogens is 1. The summed E-state index contributed by atoms with van der Waals surface area (Å²) in [7, 11) is 0. The molecule has 88 valence electrons. The number of hydrogen-bond donors (Lipinski definition) is 1. The first-order valence-electron chi connectivity index (χ1n) is 6.35. The van der Waals surface area contributed by atoms with Crippen LogP contribution in [-0.2, 0) is 6.42 Å². The van der Waals surface area contributed by atoms with Gasteiger partial charge in [-0.25, -0.2) is 4.98 Å². The van der Waals surface area contributed by atoms with Crippen molar-refractivity contribution in [3.63, 3.8) is 0 Å². The molecule has 17 heavy (non-hydrogen) atoms. The van der Waals surface area contributed by atoms with Gasteiger partial charge in [0.2, 0.25) is 0 Å². The van der Waals surface area contributed by atoms with Gasteiger partial charge in [0, 0.05) is 18.3 Å². The molecule has 1 aliphatic carbocycles. The zero-order valence-corrected chi connectivity index (χ0v) is 10.5. The maximum Gasteiger partial charge on any atom is 0.113 e. The van der Waals surface area contributed by atoms with Crippen molar-refractivity contribution in [2.24, 2.45) is 0 Å². The number of hydrogen-bond acceptors (Lipinski definition) is 1. The second-order valence-electron chi connectivity index (χ2n) is 5.07. The summed E-state index contributed by atoms with van der Waals surface area (Å²) in [6.07, 6.45) is 7.48. The molecular formula is C15H18N2. The smallest absolute Gasteiger partial charge is 0.113 e. The van der Waals surface area contributed by atoms with E-state index in [2.05, 4.69) is 35.9 Å². The lowest BCUT2D eigenvalue weighted by Crippen LogP contribution is -2.14. The molecule has 3 rings (SSSR count). The zero-order chi connectivity index (χ0) is 11.8. The van der Waals surface area contributed by atoms with Gasteiger partial charge in [-0.05, 0) is 49.8 Å². The molecule has 0 saturated heterocycles. The summed E-state index contributed by atoms with van der Waals surface area (Å²) < 4.78 is 0. The lowest BCUT2D eigenvalue weighted by Gasteiger charge is -2.26. The molecule has 1 heterocycles. The first-order chi connectivity index (χ1) is 8.25. The predicted molar refractivity (Wildman–Crippen MR) is 69.3 cm³/mol. The van der Waals surface area contributed by atoms with Gasteiger partial charge < -0.3 is 4.98 Å². The third-order valence-electron chi connectivity index (χ3n) is 3.80. The Labute approximate surface area is 102 Å². The number of aryl methyl sites for hydroxylation is 2.